The molecule has 1 unspecified atom stereocenters. The van der Waals surface area contributed by atoms with Crippen LogP contribution in [0.25, 0.3) is 11.4 Å². The van der Waals surface area contributed by atoms with Crippen LogP contribution in [-0.4, -0.2) is 66.1 Å². The van der Waals surface area contributed by atoms with Crippen LogP contribution in [0.1, 0.15) is 42.0 Å². The third-order valence-electron chi connectivity index (χ3n) is 6.09. The van der Waals surface area contributed by atoms with Crippen LogP contribution in [0.3, 0.4) is 0 Å². The van der Waals surface area contributed by atoms with E-state index in [1.54, 1.807) is 12.4 Å². The monoisotopic (exact) mass is 468 g/mol. The first kappa shape index (κ1) is 24.8. The minimum atomic E-state index is -0.250. The lowest BCUT2D eigenvalue weighted by Crippen LogP contribution is -2.45. The van der Waals surface area contributed by atoms with Crippen molar-refractivity contribution in [3.8, 4) is 11.4 Å². The van der Waals surface area contributed by atoms with Gasteiger partial charge in [-0.05, 0) is 51.3 Å². The first-order chi connectivity index (χ1) is 16.5. The molecule has 0 aromatic carbocycles. The van der Waals surface area contributed by atoms with Crippen molar-refractivity contribution in [3.63, 3.8) is 0 Å². The molecule has 4 N–H and O–H groups in total. The number of aromatic nitrogens is 5. The highest BCUT2D eigenvalue weighted by Crippen LogP contribution is 2.43. The van der Waals surface area contributed by atoms with E-state index in [0.717, 1.165) is 73.7 Å². The molecule has 1 atom stereocenters. The van der Waals surface area contributed by atoms with E-state index in [9.17, 15) is 4.79 Å². The molecule has 1 spiro atoms. The number of hydrogen-bond donors (Lipinski definition) is 4. The first-order valence-corrected chi connectivity index (χ1v) is 10.9. The summed E-state index contributed by atoms with van der Waals surface area (Å²) in [5.74, 6) is 1.62. The van der Waals surface area contributed by atoms with Gasteiger partial charge in [0.1, 0.15) is 11.6 Å². The molecule has 180 valence electrons. The lowest BCUT2D eigenvalue weighted by Gasteiger charge is -2.40. The Morgan fingerprint density at radius 1 is 1.18 bits per heavy atom. The van der Waals surface area contributed by atoms with Gasteiger partial charge in [-0.1, -0.05) is 0 Å². The zero-order valence-corrected chi connectivity index (χ0v) is 18.9. The summed E-state index contributed by atoms with van der Waals surface area (Å²) < 4.78 is 0. The standard InChI is InChI=1S/C21H24N6O.2CH2O2/c1-14-10-23-17(24-14)12-27-9-3-6-21(13-27)7-5-16-18(21)25-19(26-20(16)28)15-4-2-8-22-11-15;2*2-1-3/h2,4,8,10-11H,3,5-7,9,12-13H2,1H3,(H,23,24)(H,25,26,28);2*1H,(H,2,3). The Morgan fingerprint density at radius 2 is 1.94 bits per heavy atom. The van der Waals surface area contributed by atoms with Crippen molar-refractivity contribution in [2.75, 3.05) is 13.1 Å². The Hall–Kier alpha value is -3.86. The molecule has 0 amide bonds. The van der Waals surface area contributed by atoms with Crippen LogP contribution >= 0.6 is 0 Å². The number of piperidine rings is 1. The van der Waals surface area contributed by atoms with Gasteiger partial charge in [0.15, 0.2) is 0 Å². The summed E-state index contributed by atoms with van der Waals surface area (Å²) in [5, 5.41) is 13.8. The molecule has 4 heterocycles. The largest absolute Gasteiger partial charge is 0.483 e. The highest BCUT2D eigenvalue weighted by Gasteiger charge is 2.44. The Balaban J connectivity index is 0.000000492. The van der Waals surface area contributed by atoms with Crippen molar-refractivity contribution in [2.45, 2.75) is 44.6 Å². The molecule has 0 bridgehead atoms. The third-order valence-corrected chi connectivity index (χ3v) is 6.09. The highest BCUT2D eigenvalue weighted by molar-refractivity contribution is 5.54. The molecule has 3 aromatic heterocycles. The zero-order chi connectivity index (χ0) is 24.6. The molecule has 3 aromatic rings. The predicted octanol–water partition coefficient (Wildman–Crippen LogP) is 1.75. The molecule has 1 fully saturated rings. The smallest absolute Gasteiger partial charge is 0.290 e. The highest BCUT2D eigenvalue weighted by atomic mass is 16.3. The molecule has 1 aliphatic carbocycles. The van der Waals surface area contributed by atoms with E-state index in [0.29, 0.717) is 5.82 Å². The summed E-state index contributed by atoms with van der Waals surface area (Å²) in [6.45, 7) is 4.30. The summed E-state index contributed by atoms with van der Waals surface area (Å²) in [7, 11) is 0. The van der Waals surface area contributed by atoms with Crippen molar-refractivity contribution in [1.82, 2.24) is 29.8 Å². The molecule has 11 nitrogen and oxygen atoms in total. The van der Waals surface area contributed by atoms with E-state index in [4.69, 9.17) is 24.8 Å². The number of carbonyl (C=O) groups is 2. The van der Waals surface area contributed by atoms with Crippen LogP contribution < -0.4 is 5.56 Å². The summed E-state index contributed by atoms with van der Waals surface area (Å²) >= 11 is 0. The summed E-state index contributed by atoms with van der Waals surface area (Å²) in [6, 6.07) is 3.80. The van der Waals surface area contributed by atoms with Crippen molar-refractivity contribution in [3.05, 3.63) is 63.9 Å². The SMILES string of the molecule is Cc1cnc(CN2CCCC3(CCc4c3nc(-c3cccnc3)[nH]c4=O)C2)[nH]1.O=CO.O=CO. The number of pyridine rings is 1. The fourth-order valence-corrected chi connectivity index (χ4v) is 4.81. The number of fused-ring (bicyclic) bond motifs is 2. The third kappa shape index (κ3) is 5.54. The first-order valence-electron chi connectivity index (χ1n) is 10.9. The number of likely N-dealkylation sites (tertiary alicyclic amines) is 1. The van der Waals surface area contributed by atoms with E-state index < -0.39 is 0 Å². The Morgan fingerprint density at radius 3 is 2.59 bits per heavy atom. The van der Waals surface area contributed by atoms with Crippen molar-refractivity contribution in [2.24, 2.45) is 0 Å². The van der Waals surface area contributed by atoms with Crippen LogP contribution in [0.2, 0.25) is 0 Å². The minimum Gasteiger partial charge on any atom is -0.483 e. The van der Waals surface area contributed by atoms with Gasteiger partial charge in [-0.25, -0.2) is 9.97 Å². The fourth-order valence-electron chi connectivity index (χ4n) is 4.81. The Bertz CT molecular complexity index is 1160. The van der Waals surface area contributed by atoms with Gasteiger partial charge >= 0.3 is 0 Å². The number of nitrogens with one attached hydrogen (secondary N) is 2. The van der Waals surface area contributed by atoms with Gasteiger partial charge in [-0.2, -0.15) is 0 Å². The number of aryl methyl sites for hydroxylation is 1. The summed E-state index contributed by atoms with van der Waals surface area (Å²) in [4.78, 5) is 51.8. The van der Waals surface area contributed by atoms with Crippen molar-refractivity contribution >= 4 is 12.9 Å². The molecule has 0 saturated carbocycles. The molecule has 1 saturated heterocycles. The predicted molar refractivity (Wildman–Crippen MR) is 123 cm³/mol. The Labute approximate surface area is 195 Å². The zero-order valence-electron chi connectivity index (χ0n) is 18.9. The van der Waals surface area contributed by atoms with Crippen molar-refractivity contribution < 1.29 is 19.8 Å². The van der Waals surface area contributed by atoms with Crippen LogP contribution in [0.4, 0.5) is 0 Å². The van der Waals surface area contributed by atoms with Crippen molar-refractivity contribution in [1.29, 1.82) is 0 Å². The summed E-state index contributed by atoms with van der Waals surface area (Å²) in [6.07, 6.45) is 9.33. The number of nitrogens with zero attached hydrogens (tertiary/aromatic N) is 4. The van der Waals surface area contributed by atoms with E-state index in [1.807, 2.05) is 25.3 Å². The second-order valence-corrected chi connectivity index (χ2v) is 8.30. The van der Waals surface area contributed by atoms with E-state index in [1.165, 1.54) is 0 Å². The van der Waals surface area contributed by atoms with E-state index in [-0.39, 0.29) is 23.9 Å². The van der Waals surface area contributed by atoms with Gasteiger partial charge in [-0.3, -0.25) is 24.3 Å². The van der Waals surface area contributed by atoms with E-state index in [2.05, 4.69) is 24.8 Å². The lowest BCUT2D eigenvalue weighted by atomic mass is 9.77. The molecule has 0 radical (unpaired) electrons. The average molecular weight is 469 g/mol. The Kier molecular flexibility index (Phi) is 8.25. The van der Waals surface area contributed by atoms with Gasteiger partial charge in [0.25, 0.3) is 18.5 Å². The average Bonchev–Trinajstić information content (AvgIpc) is 3.39. The number of imidazole rings is 1. The molecule has 34 heavy (non-hydrogen) atoms. The van der Waals surface area contributed by atoms with E-state index >= 15 is 0 Å². The molecule has 1 aliphatic heterocycles. The number of H-pyrrole nitrogens is 2. The number of hydrogen-bond acceptors (Lipinski definition) is 7. The van der Waals surface area contributed by atoms with Gasteiger partial charge < -0.3 is 20.2 Å². The van der Waals surface area contributed by atoms with Gasteiger partial charge in [-0.15, -0.1) is 0 Å². The van der Waals surface area contributed by atoms with Gasteiger partial charge in [0.2, 0.25) is 0 Å². The van der Waals surface area contributed by atoms with Gasteiger partial charge in [0, 0.05) is 47.4 Å². The topological polar surface area (TPSA) is 165 Å². The number of carboxylic acid groups (broad SMARTS) is 2. The summed E-state index contributed by atoms with van der Waals surface area (Å²) in [5.41, 5.74) is 3.75. The van der Waals surface area contributed by atoms with Crippen LogP contribution in [0, 0.1) is 6.92 Å². The second kappa shape index (κ2) is 11.3. The molecular formula is C23H28N6O5. The fraction of sp³-hybridized carbons (Fsp3) is 0.391. The maximum atomic E-state index is 12.8. The molecule has 2 aliphatic rings. The number of aromatic amines is 2. The normalized spacial score (nSPS) is 18.7. The quantitative estimate of drug-likeness (QED) is 0.419. The number of rotatable bonds is 3. The maximum Gasteiger partial charge on any atom is 0.290 e. The minimum absolute atomic E-state index is 0.000453. The second-order valence-electron chi connectivity index (χ2n) is 8.30. The van der Waals surface area contributed by atoms with Crippen LogP contribution in [0.15, 0.2) is 35.5 Å². The molecular weight excluding hydrogens is 440 g/mol. The van der Waals surface area contributed by atoms with Crippen LogP contribution in [-0.2, 0) is 28.0 Å². The maximum absolute atomic E-state index is 12.8. The molecule has 11 heteroatoms. The molecule has 5 rings (SSSR count). The van der Waals surface area contributed by atoms with Crippen LogP contribution in [0.5, 0.6) is 0 Å². The van der Waals surface area contributed by atoms with Gasteiger partial charge in [0.05, 0.1) is 12.2 Å². The lowest BCUT2D eigenvalue weighted by molar-refractivity contribution is -0.123.